The molecule has 0 heterocycles. The Morgan fingerprint density at radius 3 is 2.59 bits per heavy atom. The fourth-order valence-electron chi connectivity index (χ4n) is 8.47. The van der Waals surface area contributed by atoms with Crippen molar-refractivity contribution in [3.05, 3.63) is 47.0 Å². The molecule has 1 aromatic rings. The predicted octanol–water partition coefficient (Wildman–Crippen LogP) is 8.14. The van der Waals surface area contributed by atoms with Crippen LogP contribution in [0.4, 0.5) is 0 Å². The van der Waals surface area contributed by atoms with Crippen molar-refractivity contribution in [2.75, 3.05) is 0 Å². The van der Waals surface area contributed by atoms with E-state index in [9.17, 15) is 0 Å². The fraction of sp³-hybridized carbons (Fsp3) is 0.724. The van der Waals surface area contributed by atoms with E-state index in [1.807, 2.05) is 5.57 Å². The molecule has 1 aromatic carbocycles. The molecule has 0 radical (unpaired) electrons. The number of hydrogen-bond acceptors (Lipinski definition) is 0. The van der Waals surface area contributed by atoms with Gasteiger partial charge in [-0.3, -0.25) is 0 Å². The van der Waals surface area contributed by atoms with Crippen molar-refractivity contribution >= 4 is 0 Å². The minimum absolute atomic E-state index is 0.571. The maximum absolute atomic E-state index is 2.73. The summed E-state index contributed by atoms with van der Waals surface area (Å²) < 4.78 is 0. The van der Waals surface area contributed by atoms with Crippen molar-refractivity contribution in [1.82, 2.24) is 0 Å². The van der Waals surface area contributed by atoms with E-state index < -0.39 is 0 Å². The van der Waals surface area contributed by atoms with Crippen molar-refractivity contribution in [3.63, 3.8) is 0 Å². The quantitative estimate of drug-likeness (QED) is 0.455. The normalized spacial score (nSPS) is 39.8. The van der Waals surface area contributed by atoms with Crippen LogP contribution in [0, 0.1) is 47.8 Å². The number of benzene rings is 1. The molecule has 4 aliphatic rings. The Morgan fingerprint density at radius 1 is 0.966 bits per heavy atom. The summed E-state index contributed by atoms with van der Waals surface area (Å²) in [5, 5.41) is 0. The van der Waals surface area contributed by atoms with Crippen LogP contribution in [-0.2, 0) is 6.42 Å². The SMILES string of the molecule is Cc1ccc(CCC(C)C2CCC3C2CCC2C3CC=C3CCCCC32C)cc1. The average molecular weight is 391 g/mol. The molecule has 3 saturated carbocycles. The van der Waals surface area contributed by atoms with E-state index >= 15 is 0 Å². The van der Waals surface area contributed by atoms with E-state index in [4.69, 9.17) is 0 Å². The van der Waals surface area contributed by atoms with Crippen LogP contribution in [0.3, 0.4) is 0 Å². The second kappa shape index (κ2) is 7.90. The third-order valence-corrected chi connectivity index (χ3v) is 10.1. The summed E-state index contributed by atoms with van der Waals surface area (Å²) in [6.07, 6.45) is 18.7. The lowest BCUT2D eigenvalue weighted by Gasteiger charge is -2.55. The number of allylic oxidation sites excluding steroid dienone is 2. The highest BCUT2D eigenvalue weighted by atomic mass is 14.6. The van der Waals surface area contributed by atoms with Gasteiger partial charge in [0.15, 0.2) is 0 Å². The van der Waals surface area contributed by atoms with Crippen molar-refractivity contribution in [1.29, 1.82) is 0 Å². The molecule has 0 nitrogen and oxygen atoms in total. The lowest BCUT2D eigenvalue weighted by Crippen LogP contribution is -2.46. The molecular formula is C29H42. The second-order valence-electron chi connectivity index (χ2n) is 11.5. The summed E-state index contributed by atoms with van der Waals surface area (Å²) >= 11 is 0. The molecule has 0 saturated heterocycles. The van der Waals surface area contributed by atoms with Gasteiger partial charge in [0.25, 0.3) is 0 Å². The summed E-state index contributed by atoms with van der Waals surface area (Å²) in [6.45, 7) is 7.43. The van der Waals surface area contributed by atoms with Crippen LogP contribution in [0.1, 0.15) is 89.2 Å². The molecule has 29 heavy (non-hydrogen) atoms. The number of rotatable bonds is 4. The highest BCUT2D eigenvalue weighted by Gasteiger charge is 2.53. The van der Waals surface area contributed by atoms with Crippen molar-refractivity contribution < 1.29 is 0 Å². The Labute approximate surface area is 179 Å². The first kappa shape index (κ1) is 19.9. The van der Waals surface area contributed by atoms with Gasteiger partial charge in [-0.2, -0.15) is 0 Å². The number of hydrogen-bond donors (Lipinski definition) is 0. The minimum atomic E-state index is 0.571. The van der Waals surface area contributed by atoms with E-state index in [-0.39, 0.29) is 0 Å². The Morgan fingerprint density at radius 2 is 1.76 bits per heavy atom. The standard InChI is InChI=1S/C29H42/c1-20-7-10-22(11-8-20)12-9-21(2)24-15-16-26-25(24)17-18-28-27(26)14-13-23-6-4-5-19-29(23,28)3/h7-8,10-11,13,21,24-28H,4-6,9,12,14-19H2,1-3H3. The number of aryl methyl sites for hydroxylation is 2. The molecule has 158 valence electrons. The molecule has 0 N–H and O–H groups in total. The molecule has 0 amide bonds. The van der Waals surface area contributed by atoms with E-state index in [2.05, 4.69) is 51.1 Å². The van der Waals surface area contributed by atoms with Gasteiger partial charge < -0.3 is 0 Å². The Kier molecular flexibility index (Phi) is 5.42. The van der Waals surface area contributed by atoms with Gasteiger partial charge in [-0.15, -0.1) is 0 Å². The van der Waals surface area contributed by atoms with Crippen LogP contribution in [0.2, 0.25) is 0 Å². The summed E-state index contributed by atoms with van der Waals surface area (Å²) in [6, 6.07) is 9.26. The molecule has 0 aromatic heterocycles. The highest BCUT2D eigenvalue weighted by molar-refractivity contribution is 5.24. The largest absolute Gasteiger partial charge is 0.0845 e. The fourth-order valence-corrected chi connectivity index (χ4v) is 8.47. The maximum atomic E-state index is 2.73. The Hall–Kier alpha value is -1.04. The van der Waals surface area contributed by atoms with Gasteiger partial charge >= 0.3 is 0 Å². The molecular weight excluding hydrogens is 348 g/mol. The van der Waals surface area contributed by atoms with Gasteiger partial charge in [0, 0.05) is 0 Å². The zero-order chi connectivity index (χ0) is 20.0. The second-order valence-corrected chi connectivity index (χ2v) is 11.5. The maximum Gasteiger partial charge on any atom is -0.00853 e. The molecule has 4 aliphatic carbocycles. The van der Waals surface area contributed by atoms with E-state index in [1.54, 1.807) is 0 Å². The first-order valence-corrected chi connectivity index (χ1v) is 12.8. The molecule has 0 bridgehead atoms. The zero-order valence-electron chi connectivity index (χ0n) is 19.1. The molecule has 0 spiro atoms. The smallest absolute Gasteiger partial charge is 0.00853 e. The highest BCUT2D eigenvalue weighted by Crippen LogP contribution is 2.62. The average Bonchev–Trinajstić information content (AvgIpc) is 3.17. The summed E-state index contributed by atoms with van der Waals surface area (Å²) in [5.74, 6) is 5.97. The molecule has 0 heteroatoms. The van der Waals surface area contributed by atoms with Gasteiger partial charge in [-0.25, -0.2) is 0 Å². The lowest BCUT2D eigenvalue weighted by molar-refractivity contribution is 0.000580. The van der Waals surface area contributed by atoms with Gasteiger partial charge in [0.1, 0.15) is 0 Å². The molecule has 5 rings (SSSR count). The molecule has 7 atom stereocenters. The van der Waals surface area contributed by atoms with Crippen LogP contribution in [0.25, 0.3) is 0 Å². The van der Waals surface area contributed by atoms with Crippen molar-refractivity contribution in [2.45, 2.75) is 91.4 Å². The van der Waals surface area contributed by atoms with E-state index in [0.717, 1.165) is 35.5 Å². The van der Waals surface area contributed by atoms with Gasteiger partial charge in [-0.05, 0) is 118 Å². The van der Waals surface area contributed by atoms with Crippen LogP contribution >= 0.6 is 0 Å². The first-order chi connectivity index (χ1) is 14.1. The number of fused-ring (bicyclic) bond motifs is 5. The van der Waals surface area contributed by atoms with Crippen LogP contribution in [0.15, 0.2) is 35.9 Å². The van der Waals surface area contributed by atoms with Crippen molar-refractivity contribution in [2.24, 2.45) is 40.9 Å². The van der Waals surface area contributed by atoms with Gasteiger partial charge in [-0.1, -0.05) is 61.7 Å². The summed E-state index contributed by atoms with van der Waals surface area (Å²) in [7, 11) is 0. The van der Waals surface area contributed by atoms with Crippen LogP contribution < -0.4 is 0 Å². The van der Waals surface area contributed by atoms with Gasteiger partial charge in [0.05, 0.1) is 0 Å². The molecule has 7 unspecified atom stereocenters. The van der Waals surface area contributed by atoms with Crippen LogP contribution in [-0.4, -0.2) is 0 Å². The molecule has 0 aliphatic heterocycles. The predicted molar refractivity (Wildman–Crippen MR) is 124 cm³/mol. The zero-order valence-corrected chi connectivity index (χ0v) is 19.1. The minimum Gasteiger partial charge on any atom is -0.0845 e. The Balaban J connectivity index is 1.25. The first-order valence-electron chi connectivity index (χ1n) is 12.8. The molecule has 3 fully saturated rings. The van der Waals surface area contributed by atoms with Gasteiger partial charge in [0.2, 0.25) is 0 Å². The summed E-state index contributed by atoms with van der Waals surface area (Å²) in [4.78, 5) is 0. The topological polar surface area (TPSA) is 0 Å². The van der Waals surface area contributed by atoms with Crippen LogP contribution in [0.5, 0.6) is 0 Å². The summed E-state index contributed by atoms with van der Waals surface area (Å²) in [5.41, 5.74) is 5.36. The monoisotopic (exact) mass is 390 g/mol. The third-order valence-electron chi connectivity index (χ3n) is 10.1. The Bertz CT molecular complexity index is 740. The third kappa shape index (κ3) is 3.53. The van der Waals surface area contributed by atoms with E-state index in [0.29, 0.717) is 5.41 Å². The lowest BCUT2D eigenvalue weighted by atomic mass is 9.50. The van der Waals surface area contributed by atoms with Crippen molar-refractivity contribution in [3.8, 4) is 0 Å². The van der Waals surface area contributed by atoms with E-state index in [1.165, 1.54) is 81.8 Å².